The molecule has 0 unspecified atom stereocenters. The number of benzene rings is 2. The van der Waals surface area contributed by atoms with Crippen molar-refractivity contribution in [3.63, 3.8) is 0 Å². The molecule has 0 aliphatic carbocycles. The Hall–Kier alpha value is -1.34. The first-order valence-corrected chi connectivity index (χ1v) is 9.51. The minimum atomic E-state index is -0.272. The minimum Gasteiger partial charge on any atom is -0.302 e. The van der Waals surface area contributed by atoms with Crippen molar-refractivity contribution in [1.29, 1.82) is 0 Å². The Balaban J connectivity index is 1.57. The van der Waals surface area contributed by atoms with E-state index in [0.29, 0.717) is 32.9 Å². The van der Waals surface area contributed by atoms with Crippen LogP contribution >= 0.6 is 46.3 Å². The number of halogens is 3. The van der Waals surface area contributed by atoms with E-state index in [2.05, 4.69) is 10.3 Å². The first kappa shape index (κ1) is 17.5. The molecular weight excluding hydrogens is 390 g/mol. The highest BCUT2D eigenvalue weighted by atomic mass is 35.5. The Morgan fingerprint density at radius 1 is 1.21 bits per heavy atom. The molecule has 3 aromatic rings. The number of nitrogens with one attached hydrogen (secondary N) is 1. The number of thioether (sulfide) groups is 1. The van der Waals surface area contributed by atoms with E-state index < -0.39 is 0 Å². The van der Waals surface area contributed by atoms with E-state index >= 15 is 0 Å². The fourth-order valence-corrected chi connectivity index (χ4v) is 4.12. The van der Waals surface area contributed by atoms with E-state index in [0.717, 1.165) is 9.60 Å². The maximum Gasteiger partial charge on any atom is 0.226 e. The lowest BCUT2D eigenvalue weighted by Crippen LogP contribution is -2.11. The molecule has 124 valence electrons. The van der Waals surface area contributed by atoms with Crippen molar-refractivity contribution in [2.75, 3.05) is 11.1 Å². The number of hydrogen-bond donors (Lipinski definition) is 1. The molecule has 3 nitrogen and oxygen atoms in total. The number of fused-ring (bicyclic) bond motifs is 1. The summed E-state index contributed by atoms with van der Waals surface area (Å²) < 4.78 is 13.7. The molecule has 0 saturated heterocycles. The third kappa shape index (κ3) is 4.19. The van der Waals surface area contributed by atoms with Crippen molar-refractivity contribution in [2.45, 2.75) is 11.3 Å². The smallest absolute Gasteiger partial charge is 0.226 e. The van der Waals surface area contributed by atoms with E-state index in [1.54, 1.807) is 18.2 Å². The number of aromatic nitrogens is 1. The predicted molar refractivity (Wildman–Crippen MR) is 100 cm³/mol. The van der Waals surface area contributed by atoms with Crippen molar-refractivity contribution >= 4 is 67.6 Å². The van der Waals surface area contributed by atoms with Crippen LogP contribution in [-0.4, -0.2) is 16.6 Å². The van der Waals surface area contributed by atoms with Crippen molar-refractivity contribution in [1.82, 2.24) is 4.98 Å². The predicted octanol–water partition coefficient (Wildman–Crippen LogP) is 5.86. The molecule has 1 N–H and O–H groups in total. The Kier molecular flexibility index (Phi) is 5.61. The van der Waals surface area contributed by atoms with Gasteiger partial charge in [-0.25, -0.2) is 9.37 Å². The lowest BCUT2D eigenvalue weighted by atomic mass is 10.3. The van der Waals surface area contributed by atoms with Gasteiger partial charge in [-0.15, -0.1) is 11.8 Å². The zero-order chi connectivity index (χ0) is 17.1. The number of rotatable bonds is 5. The molecule has 1 heterocycles. The number of nitrogens with zero attached hydrogens (tertiary/aromatic N) is 1. The number of amides is 1. The number of thiazole rings is 1. The Morgan fingerprint density at radius 3 is 2.71 bits per heavy atom. The van der Waals surface area contributed by atoms with Crippen molar-refractivity contribution in [3.05, 3.63) is 52.3 Å². The van der Waals surface area contributed by atoms with Gasteiger partial charge in [0.15, 0.2) is 5.13 Å². The number of anilines is 1. The molecule has 0 saturated carbocycles. The number of carbonyl (C=O) groups is 1. The van der Waals surface area contributed by atoms with Crippen LogP contribution < -0.4 is 5.32 Å². The first-order chi connectivity index (χ1) is 11.5. The van der Waals surface area contributed by atoms with Crippen LogP contribution in [0.3, 0.4) is 0 Å². The Labute approximate surface area is 156 Å². The zero-order valence-corrected chi connectivity index (χ0v) is 15.3. The molecule has 0 aliphatic heterocycles. The lowest BCUT2D eigenvalue weighted by molar-refractivity contribution is -0.115. The Bertz CT molecular complexity index is 884. The average molecular weight is 401 g/mol. The van der Waals surface area contributed by atoms with Gasteiger partial charge >= 0.3 is 0 Å². The van der Waals surface area contributed by atoms with Crippen LogP contribution in [0.25, 0.3) is 10.2 Å². The molecular formula is C16H11Cl2FN2OS2. The van der Waals surface area contributed by atoms with Crippen LogP contribution in [0.2, 0.25) is 10.0 Å². The minimum absolute atomic E-state index is 0.133. The van der Waals surface area contributed by atoms with Gasteiger partial charge in [-0.05, 0) is 36.4 Å². The van der Waals surface area contributed by atoms with E-state index in [9.17, 15) is 9.18 Å². The standard InChI is InChI=1S/C16H11Cl2FN2OS2/c17-11-5-6-12-15(14(11)18)21-16(24-12)20-13(22)7-8-23-10-3-1-9(19)2-4-10/h1-6H,7-8H2,(H,20,21,22). The van der Waals surface area contributed by atoms with Crippen LogP contribution in [0.4, 0.5) is 9.52 Å². The van der Waals surface area contributed by atoms with Crippen LogP contribution in [-0.2, 0) is 4.79 Å². The van der Waals surface area contributed by atoms with Crippen LogP contribution in [0.1, 0.15) is 6.42 Å². The van der Waals surface area contributed by atoms with Gasteiger partial charge < -0.3 is 5.32 Å². The molecule has 1 aromatic heterocycles. The highest BCUT2D eigenvalue weighted by Crippen LogP contribution is 2.35. The molecule has 0 radical (unpaired) electrons. The summed E-state index contributed by atoms with van der Waals surface area (Å²) in [6.07, 6.45) is 0.326. The van der Waals surface area contributed by atoms with E-state index in [1.807, 2.05) is 6.07 Å². The lowest BCUT2D eigenvalue weighted by Gasteiger charge is -2.02. The van der Waals surface area contributed by atoms with Crippen molar-refractivity contribution in [2.24, 2.45) is 0 Å². The molecule has 24 heavy (non-hydrogen) atoms. The van der Waals surface area contributed by atoms with Gasteiger partial charge in [0.25, 0.3) is 0 Å². The van der Waals surface area contributed by atoms with Gasteiger partial charge in [0.2, 0.25) is 5.91 Å². The molecule has 0 atom stereocenters. The molecule has 8 heteroatoms. The SMILES string of the molecule is O=C(CCSc1ccc(F)cc1)Nc1nc2c(Cl)c(Cl)ccc2s1. The molecule has 1 amide bonds. The summed E-state index contributed by atoms with van der Waals surface area (Å²) >= 11 is 14.9. The average Bonchev–Trinajstić information content (AvgIpc) is 2.96. The maximum absolute atomic E-state index is 12.8. The first-order valence-electron chi connectivity index (χ1n) is 6.95. The topological polar surface area (TPSA) is 42.0 Å². The summed E-state index contributed by atoms with van der Waals surface area (Å²) in [4.78, 5) is 17.2. The van der Waals surface area contributed by atoms with Gasteiger partial charge in [0.05, 0.1) is 14.7 Å². The van der Waals surface area contributed by atoms with E-state index in [4.69, 9.17) is 23.2 Å². The van der Waals surface area contributed by atoms with E-state index in [1.165, 1.54) is 35.2 Å². The highest BCUT2D eigenvalue weighted by Gasteiger charge is 2.12. The fraction of sp³-hybridized carbons (Fsp3) is 0.125. The monoisotopic (exact) mass is 400 g/mol. The number of hydrogen-bond acceptors (Lipinski definition) is 4. The summed E-state index contributed by atoms with van der Waals surface area (Å²) in [5.41, 5.74) is 0.588. The van der Waals surface area contributed by atoms with Crippen molar-refractivity contribution in [3.8, 4) is 0 Å². The Morgan fingerprint density at radius 2 is 1.96 bits per heavy atom. The largest absolute Gasteiger partial charge is 0.302 e. The van der Waals surface area contributed by atoms with Gasteiger partial charge in [-0.3, -0.25) is 4.79 Å². The van der Waals surface area contributed by atoms with Gasteiger partial charge in [0, 0.05) is 17.1 Å². The quantitative estimate of drug-likeness (QED) is 0.545. The summed E-state index contributed by atoms with van der Waals surface area (Å²) in [6, 6.07) is 9.71. The summed E-state index contributed by atoms with van der Waals surface area (Å²) in [6.45, 7) is 0. The zero-order valence-electron chi connectivity index (χ0n) is 12.2. The summed E-state index contributed by atoms with van der Waals surface area (Å²) in [7, 11) is 0. The van der Waals surface area contributed by atoms with Crippen LogP contribution in [0, 0.1) is 5.82 Å². The third-order valence-electron chi connectivity index (χ3n) is 3.11. The summed E-state index contributed by atoms with van der Waals surface area (Å²) in [5, 5.41) is 4.08. The molecule has 2 aromatic carbocycles. The number of carbonyl (C=O) groups excluding carboxylic acids is 1. The van der Waals surface area contributed by atoms with Crippen molar-refractivity contribution < 1.29 is 9.18 Å². The highest BCUT2D eigenvalue weighted by molar-refractivity contribution is 7.99. The molecule has 0 fully saturated rings. The normalized spacial score (nSPS) is 11.0. The maximum atomic E-state index is 12.8. The van der Waals surface area contributed by atoms with Crippen LogP contribution in [0.15, 0.2) is 41.3 Å². The van der Waals surface area contributed by atoms with Gasteiger partial charge in [-0.1, -0.05) is 34.5 Å². The molecule has 3 rings (SSSR count). The van der Waals surface area contributed by atoms with Gasteiger partial charge in [-0.2, -0.15) is 0 Å². The van der Waals surface area contributed by atoms with Crippen LogP contribution in [0.5, 0.6) is 0 Å². The summed E-state index contributed by atoms with van der Waals surface area (Å²) in [5.74, 6) is 0.187. The van der Waals surface area contributed by atoms with Gasteiger partial charge in [0.1, 0.15) is 11.3 Å². The second-order valence-electron chi connectivity index (χ2n) is 4.83. The second kappa shape index (κ2) is 7.70. The second-order valence-corrected chi connectivity index (χ2v) is 7.81. The molecule has 0 aliphatic rings. The van der Waals surface area contributed by atoms with E-state index in [-0.39, 0.29) is 11.7 Å². The fourth-order valence-electron chi connectivity index (χ4n) is 1.96. The molecule has 0 bridgehead atoms. The molecule has 0 spiro atoms. The third-order valence-corrected chi connectivity index (χ3v) is 5.85.